The van der Waals surface area contributed by atoms with E-state index in [0.717, 1.165) is 12.1 Å². The molecule has 0 radical (unpaired) electrons. The number of carbonyl (C=O) groups excluding carboxylic acids is 2. The standard InChI is InChI=1S/C17H12F2N4O2/c1-9(24)21-14-6-10(18)11(19)7-15(14)23-17(25)16-8-20-12-4-2-3-5-13(12)22-16/h2-8H,1H3,(H,21,24)(H,23,25). The van der Waals surface area contributed by atoms with Crippen LogP contribution in [-0.4, -0.2) is 21.8 Å². The molecule has 8 heteroatoms. The molecule has 0 saturated carbocycles. The van der Waals surface area contributed by atoms with Crippen molar-refractivity contribution in [2.24, 2.45) is 0 Å². The lowest BCUT2D eigenvalue weighted by Crippen LogP contribution is -2.17. The van der Waals surface area contributed by atoms with Gasteiger partial charge in [0.1, 0.15) is 5.69 Å². The Morgan fingerprint density at radius 1 is 0.960 bits per heavy atom. The van der Waals surface area contributed by atoms with E-state index in [4.69, 9.17) is 0 Å². The molecule has 0 bridgehead atoms. The molecule has 1 heterocycles. The molecule has 2 aromatic carbocycles. The van der Waals surface area contributed by atoms with Gasteiger partial charge in [0, 0.05) is 19.1 Å². The van der Waals surface area contributed by atoms with E-state index in [-0.39, 0.29) is 17.1 Å². The fourth-order valence-electron chi connectivity index (χ4n) is 2.20. The molecule has 0 aliphatic heterocycles. The number of aromatic nitrogens is 2. The second-order valence-corrected chi connectivity index (χ2v) is 5.19. The number of anilines is 2. The third-order valence-corrected chi connectivity index (χ3v) is 3.30. The highest BCUT2D eigenvalue weighted by Crippen LogP contribution is 2.25. The largest absolute Gasteiger partial charge is 0.324 e. The molecule has 0 unspecified atom stereocenters. The molecule has 3 aromatic rings. The average Bonchev–Trinajstić information content (AvgIpc) is 2.58. The lowest BCUT2D eigenvalue weighted by molar-refractivity contribution is -0.114. The molecule has 3 rings (SSSR count). The Balaban J connectivity index is 1.93. The van der Waals surface area contributed by atoms with Gasteiger partial charge in [-0.2, -0.15) is 0 Å². The van der Waals surface area contributed by atoms with E-state index in [0.29, 0.717) is 11.0 Å². The zero-order chi connectivity index (χ0) is 18.0. The van der Waals surface area contributed by atoms with Crippen LogP contribution in [0.3, 0.4) is 0 Å². The molecule has 0 atom stereocenters. The lowest BCUT2D eigenvalue weighted by atomic mass is 10.2. The fraction of sp³-hybridized carbons (Fsp3) is 0.0588. The van der Waals surface area contributed by atoms with Crippen LogP contribution in [0.25, 0.3) is 11.0 Å². The van der Waals surface area contributed by atoms with Crippen LogP contribution in [0.5, 0.6) is 0 Å². The van der Waals surface area contributed by atoms with E-state index in [9.17, 15) is 18.4 Å². The molecular weight excluding hydrogens is 330 g/mol. The number of hydrogen-bond acceptors (Lipinski definition) is 4. The van der Waals surface area contributed by atoms with Crippen molar-refractivity contribution < 1.29 is 18.4 Å². The normalized spacial score (nSPS) is 10.5. The average molecular weight is 342 g/mol. The van der Waals surface area contributed by atoms with Crippen LogP contribution in [-0.2, 0) is 4.79 Å². The zero-order valence-electron chi connectivity index (χ0n) is 13.0. The van der Waals surface area contributed by atoms with Crippen molar-refractivity contribution in [3.05, 3.63) is 59.9 Å². The maximum atomic E-state index is 13.5. The molecule has 0 fully saturated rings. The number of benzene rings is 2. The predicted octanol–water partition coefficient (Wildman–Crippen LogP) is 3.12. The highest BCUT2D eigenvalue weighted by atomic mass is 19.2. The Kier molecular flexibility index (Phi) is 4.34. The summed E-state index contributed by atoms with van der Waals surface area (Å²) in [5.41, 5.74) is 0.980. The summed E-state index contributed by atoms with van der Waals surface area (Å²) in [4.78, 5) is 31.8. The van der Waals surface area contributed by atoms with Crippen molar-refractivity contribution in [3.63, 3.8) is 0 Å². The first-order valence-electron chi connectivity index (χ1n) is 7.24. The minimum Gasteiger partial charge on any atom is -0.324 e. The Morgan fingerprint density at radius 3 is 2.20 bits per heavy atom. The minimum atomic E-state index is -1.16. The molecule has 0 spiro atoms. The molecular formula is C17H12F2N4O2. The van der Waals surface area contributed by atoms with Gasteiger partial charge < -0.3 is 10.6 Å². The molecule has 0 saturated heterocycles. The molecule has 0 aliphatic carbocycles. The maximum absolute atomic E-state index is 13.5. The van der Waals surface area contributed by atoms with Crippen molar-refractivity contribution in [2.45, 2.75) is 6.92 Å². The summed E-state index contributed by atoms with van der Waals surface area (Å²) in [5, 5.41) is 4.73. The van der Waals surface area contributed by atoms with Crippen molar-refractivity contribution in [3.8, 4) is 0 Å². The molecule has 6 nitrogen and oxygen atoms in total. The van der Waals surface area contributed by atoms with Crippen molar-refractivity contribution >= 4 is 34.2 Å². The van der Waals surface area contributed by atoms with Gasteiger partial charge in [0.05, 0.1) is 28.6 Å². The van der Waals surface area contributed by atoms with E-state index in [1.54, 1.807) is 24.3 Å². The molecule has 2 N–H and O–H groups in total. The van der Waals surface area contributed by atoms with E-state index in [1.165, 1.54) is 13.1 Å². The third-order valence-electron chi connectivity index (χ3n) is 3.30. The number of hydrogen-bond donors (Lipinski definition) is 2. The van der Waals surface area contributed by atoms with Gasteiger partial charge in [-0.1, -0.05) is 12.1 Å². The third kappa shape index (κ3) is 3.57. The van der Waals surface area contributed by atoms with Crippen molar-refractivity contribution in [2.75, 3.05) is 10.6 Å². The first kappa shape index (κ1) is 16.4. The first-order chi connectivity index (χ1) is 11.9. The van der Waals surface area contributed by atoms with Crippen LogP contribution in [0.1, 0.15) is 17.4 Å². The summed E-state index contributed by atoms with van der Waals surface area (Å²) < 4.78 is 26.9. The number of amides is 2. The number of para-hydroxylation sites is 2. The lowest BCUT2D eigenvalue weighted by Gasteiger charge is -2.12. The number of nitrogens with one attached hydrogen (secondary N) is 2. The Bertz CT molecular complexity index is 992. The minimum absolute atomic E-state index is 0.00259. The number of carbonyl (C=O) groups is 2. The topological polar surface area (TPSA) is 84.0 Å². The zero-order valence-corrected chi connectivity index (χ0v) is 13.0. The number of halogens is 2. The molecule has 0 aliphatic rings. The second-order valence-electron chi connectivity index (χ2n) is 5.19. The van der Waals surface area contributed by atoms with Crippen LogP contribution < -0.4 is 10.6 Å². The van der Waals surface area contributed by atoms with Crippen LogP contribution >= 0.6 is 0 Å². The second kappa shape index (κ2) is 6.60. The van der Waals surface area contributed by atoms with Gasteiger partial charge in [0.25, 0.3) is 5.91 Å². The summed E-state index contributed by atoms with van der Waals surface area (Å²) in [6, 6.07) is 8.56. The van der Waals surface area contributed by atoms with Crippen molar-refractivity contribution in [1.29, 1.82) is 0 Å². The number of rotatable bonds is 3. The van der Waals surface area contributed by atoms with E-state index in [1.807, 2.05) is 0 Å². The molecule has 2 amide bonds. The first-order valence-corrected chi connectivity index (χ1v) is 7.24. The highest BCUT2D eigenvalue weighted by Gasteiger charge is 2.15. The summed E-state index contributed by atoms with van der Waals surface area (Å²) in [6.07, 6.45) is 1.27. The monoisotopic (exact) mass is 342 g/mol. The maximum Gasteiger partial charge on any atom is 0.275 e. The van der Waals surface area contributed by atoms with Crippen LogP contribution in [0.15, 0.2) is 42.6 Å². The van der Waals surface area contributed by atoms with Gasteiger partial charge in [-0.25, -0.2) is 13.8 Å². The number of nitrogens with zero attached hydrogens (tertiary/aromatic N) is 2. The smallest absolute Gasteiger partial charge is 0.275 e. The Labute approximate surface area is 140 Å². The Morgan fingerprint density at radius 2 is 1.56 bits per heavy atom. The predicted molar refractivity (Wildman–Crippen MR) is 88.2 cm³/mol. The SMILES string of the molecule is CC(=O)Nc1cc(F)c(F)cc1NC(=O)c1cnc2ccccc2n1. The molecule has 25 heavy (non-hydrogen) atoms. The summed E-state index contributed by atoms with van der Waals surface area (Å²) in [6.45, 7) is 1.21. The van der Waals surface area contributed by atoms with E-state index in [2.05, 4.69) is 20.6 Å². The Hall–Kier alpha value is -3.42. The van der Waals surface area contributed by atoms with Gasteiger partial charge in [-0.05, 0) is 12.1 Å². The van der Waals surface area contributed by atoms with Gasteiger partial charge in [-0.3, -0.25) is 14.6 Å². The van der Waals surface area contributed by atoms with Gasteiger partial charge in [0.2, 0.25) is 5.91 Å². The quantitative estimate of drug-likeness (QED) is 0.766. The molecule has 126 valence electrons. The summed E-state index contributed by atoms with van der Waals surface area (Å²) in [5.74, 6) is -3.47. The summed E-state index contributed by atoms with van der Waals surface area (Å²) >= 11 is 0. The van der Waals surface area contributed by atoms with Crippen LogP contribution in [0, 0.1) is 11.6 Å². The van der Waals surface area contributed by atoms with Crippen LogP contribution in [0.2, 0.25) is 0 Å². The van der Waals surface area contributed by atoms with Gasteiger partial charge in [0.15, 0.2) is 11.6 Å². The van der Waals surface area contributed by atoms with E-state index >= 15 is 0 Å². The van der Waals surface area contributed by atoms with Crippen molar-refractivity contribution in [1.82, 2.24) is 9.97 Å². The molecule has 1 aromatic heterocycles. The van der Waals surface area contributed by atoms with Gasteiger partial charge in [-0.15, -0.1) is 0 Å². The van der Waals surface area contributed by atoms with Crippen LogP contribution in [0.4, 0.5) is 20.2 Å². The number of fused-ring (bicyclic) bond motifs is 1. The highest BCUT2D eigenvalue weighted by molar-refractivity contribution is 6.06. The van der Waals surface area contributed by atoms with E-state index < -0.39 is 23.4 Å². The fourth-order valence-corrected chi connectivity index (χ4v) is 2.20. The van der Waals surface area contributed by atoms with Gasteiger partial charge >= 0.3 is 0 Å². The summed E-state index contributed by atoms with van der Waals surface area (Å²) in [7, 11) is 0.